The zero-order chi connectivity index (χ0) is 19.2. The van der Waals surface area contributed by atoms with Crippen molar-refractivity contribution in [1.29, 1.82) is 0 Å². The van der Waals surface area contributed by atoms with Gasteiger partial charge in [0.1, 0.15) is 12.1 Å². The summed E-state index contributed by atoms with van der Waals surface area (Å²) in [5.74, 6) is -0.0309. The van der Waals surface area contributed by atoms with Gasteiger partial charge in [-0.2, -0.15) is 0 Å². The molecule has 0 aliphatic carbocycles. The molecule has 142 valence electrons. The molecule has 0 bridgehead atoms. The molecule has 0 saturated carbocycles. The van der Waals surface area contributed by atoms with Gasteiger partial charge in [-0.15, -0.1) is 0 Å². The number of aryl methyl sites for hydroxylation is 1. The van der Waals surface area contributed by atoms with E-state index in [-0.39, 0.29) is 24.0 Å². The Morgan fingerprint density at radius 1 is 1.22 bits per heavy atom. The minimum Gasteiger partial charge on any atom is -0.439 e. The summed E-state index contributed by atoms with van der Waals surface area (Å²) in [5.41, 5.74) is 0.880. The lowest BCUT2D eigenvalue weighted by molar-refractivity contribution is -0.137. The van der Waals surface area contributed by atoms with Crippen molar-refractivity contribution in [1.82, 2.24) is 14.4 Å². The van der Waals surface area contributed by atoms with Crippen LogP contribution in [0.2, 0.25) is 0 Å². The number of nitrogens with zero attached hydrogens (tertiary/aromatic N) is 3. The second kappa shape index (κ2) is 6.40. The highest BCUT2D eigenvalue weighted by Gasteiger charge is 2.47. The van der Waals surface area contributed by atoms with Gasteiger partial charge in [-0.05, 0) is 31.9 Å². The van der Waals surface area contributed by atoms with Crippen molar-refractivity contribution in [3.8, 4) is 0 Å². The molecule has 3 heterocycles. The molecule has 1 aromatic heterocycles. The Hall–Kier alpha value is -2.83. The summed E-state index contributed by atoms with van der Waals surface area (Å²) in [4.78, 5) is 40.4. The van der Waals surface area contributed by atoms with Gasteiger partial charge in [0.15, 0.2) is 5.43 Å². The molecule has 2 aromatic rings. The summed E-state index contributed by atoms with van der Waals surface area (Å²) in [6.45, 7) is 3.58. The smallest absolute Gasteiger partial charge is 0.410 e. The number of likely N-dealkylation sites (N-methyl/N-ethyl adjacent to an activating group) is 1. The first-order valence-electron chi connectivity index (χ1n) is 9.20. The number of hydrogen-bond donors (Lipinski definition) is 0. The number of hydrogen-bond acceptors (Lipinski definition) is 4. The molecule has 2 aliphatic rings. The number of aromatic nitrogens is 1. The van der Waals surface area contributed by atoms with Crippen LogP contribution >= 0.6 is 0 Å². The second-order valence-electron chi connectivity index (χ2n) is 7.58. The first-order valence-corrected chi connectivity index (χ1v) is 9.20. The molecule has 1 atom stereocenters. The summed E-state index contributed by atoms with van der Waals surface area (Å²) in [5, 5.41) is 0.609. The highest BCUT2D eigenvalue weighted by Crippen LogP contribution is 2.31. The van der Waals surface area contributed by atoms with E-state index in [0.717, 1.165) is 24.1 Å². The molecule has 1 spiro atoms. The minimum absolute atomic E-state index is 0.0309. The normalized spacial score (nSPS) is 22.5. The molecule has 7 heteroatoms. The topological polar surface area (TPSA) is 71.9 Å². The van der Waals surface area contributed by atoms with E-state index >= 15 is 0 Å². The number of benzene rings is 1. The summed E-state index contributed by atoms with van der Waals surface area (Å²) in [7, 11) is 1.72. The number of rotatable bonds is 2. The van der Waals surface area contributed by atoms with Crippen molar-refractivity contribution in [3.63, 3.8) is 0 Å². The monoisotopic (exact) mass is 369 g/mol. The van der Waals surface area contributed by atoms with Gasteiger partial charge in [-0.1, -0.05) is 12.1 Å². The lowest BCUT2D eigenvalue weighted by Crippen LogP contribution is -2.53. The highest BCUT2D eigenvalue weighted by atomic mass is 16.6. The van der Waals surface area contributed by atoms with E-state index in [1.807, 2.05) is 29.7 Å². The van der Waals surface area contributed by atoms with E-state index in [9.17, 15) is 14.4 Å². The zero-order valence-corrected chi connectivity index (χ0v) is 15.6. The maximum absolute atomic E-state index is 13.0. The third-order valence-corrected chi connectivity index (χ3v) is 5.55. The highest BCUT2D eigenvalue weighted by molar-refractivity contribution is 5.83. The fourth-order valence-electron chi connectivity index (χ4n) is 4.21. The third kappa shape index (κ3) is 3.07. The van der Waals surface area contributed by atoms with Crippen LogP contribution in [0.4, 0.5) is 4.79 Å². The lowest BCUT2D eigenvalue weighted by Gasteiger charge is -2.38. The van der Waals surface area contributed by atoms with Crippen LogP contribution < -0.4 is 5.43 Å². The summed E-state index contributed by atoms with van der Waals surface area (Å²) >= 11 is 0. The van der Waals surface area contributed by atoms with E-state index < -0.39 is 5.60 Å². The summed E-state index contributed by atoms with van der Waals surface area (Å²) < 4.78 is 7.47. The molecule has 27 heavy (non-hydrogen) atoms. The first-order chi connectivity index (χ1) is 12.9. The number of carbonyl (C=O) groups excluding carboxylic acids is 2. The van der Waals surface area contributed by atoms with Crippen molar-refractivity contribution in [2.24, 2.45) is 0 Å². The van der Waals surface area contributed by atoms with Gasteiger partial charge < -0.3 is 19.1 Å². The van der Waals surface area contributed by atoms with Crippen LogP contribution in [0.15, 0.2) is 35.1 Å². The molecule has 4 rings (SSSR count). The maximum atomic E-state index is 13.0. The summed E-state index contributed by atoms with van der Waals surface area (Å²) in [6.07, 6.45) is 1.25. The minimum atomic E-state index is -0.597. The van der Waals surface area contributed by atoms with E-state index in [2.05, 4.69) is 0 Å². The Morgan fingerprint density at radius 3 is 2.74 bits per heavy atom. The van der Waals surface area contributed by atoms with Gasteiger partial charge in [0.25, 0.3) is 0 Å². The molecule has 2 aliphatic heterocycles. The van der Waals surface area contributed by atoms with Crippen LogP contribution in [-0.4, -0.2) is 58.7 Å². The molecule has 2 fully saturated rings. The molecule has 0 radical (unpaired) electrons. The Balaban J connectivity index is 1.59. The number of pyridine rings is 1. The standard InChI is InChI=1S/C20H23N3O4/c1-14-10-17(24)15-6-3-4-7-16(15)23(14)11-18(25)22-9-5-8-20(13-22)12-21(2)19(26)27-20/h3-4,6-7,10H,5,8-9,11-13H2,1-2H3. The van der Waals surface area contributed by atoms with Crippen LogP contribution in [-0.2, 0) is 16.1 Å². The van der Waals surface area contributed by atoms with Gasteiger partial charge >= 0.3 is 6.09 Å². The molecular weight excluding hydrogens is 346 g/mol. The Labute approximate surface area is 157 Å². The summed E-state index contributed by atoms with van der Waals surface area (Å²) in [6, 6.07) is 8.90. The van der Waals surface area contributed by atoms with Crippen molar-refractivity contribution in [3.05, 3.63) is 46.2 Å². The molecule has 2 amide bonds. The third-order valence-electron chi connectivity index (χ3n) is 5.55. The van der Waals surface area contributed by atoms with Crippen LogP contribution in [0.5, 0.6) is 0 Å². The average Bonchev–Trinajstić information content (AvgIpc) is 2.91. The maximum Gasteiger partial charge on any atom is 0.410 e. The molecule has 1 aromatic carbocycles. The molecule has 2 saturated heterocycles. The van der Waals surface area contributed by atoms with E-state index in [4.69, 9.17) is 4.74 Å². The first kappa shape index (κ1) is 17.6. The fourth-order valence-corrected chi connectivity index (χ4v) is 4.21. The van der Waals surface area contributed by atoms with Crippen LogP contribution in [0.1, 0.15) is 18.5 Å². The lowest BCUT2D eigenvalue weighted by atomic mass is 9.92. The number of carbonyl (C=O) groups is 2. The van der Waals surface area contributed by atoms with Crippen molar-refractivity contribution >= 4 is 22.9 Å². The average molecular weight is 369 g/mol. The van der Waals surface area contributed by atoms with Gasteiger partial charge in [0.2, 0.25) is 5.91 Å². The number of likely N-dealkylation sites (tertiary alicyclic amines) is 1. The van der Waals surface area contributed by atoms with Crippen molar-refractivity contribution < 1.29 is 14.3 Å². The number of amides is 2. The predicted octanol–water partition coefficient (Wildman–Crippen LogP) is 1.75. The van der Waals surface area contributed by atoms with Gasteiger partial charge in [-0.25, -0.2) is 4.79 Å². The SMILES string of the molecule is Cc1cc(=O)c2ccccc2n1CC(=O)N1CCCC2(CN(C)C(=O)O2)C1. The Morgan fingerprint density at radius 2 is 2.00 bits per heavy atom. The van der Waals surface area contributed by atoms with Crippen LogP contribution in [0.25, 0.3) is 10.9 Å². The van der Waals surface area contributed by atoms with Crippen molar-refractivity contribution in [2.75, 3.05) is 26.7 Å². The molecular formula is C20H23N3O4. The van der Waals surface area contributed by atoms with E-state index in [1.165, 1.54) is 0 Å². The quantitative estimate of drug-likeness (QED) is 0.809. The van der Waals surface area contributed by atoms with E-state index in [1.54, 1.807) is 29.0 Å². The number of ether oxygens (including phenoxy) is 1. The van der Waals surface area contributed by atoms with Gasteiger partial charge in [0.05, 0.1) is 18.6 Å². The second-order valence-corrected chi connectivity index (χ2v) is 7.58. The van der Waals surface area contributed by atoms with Crippen LogP contribution in [0.3, 0.4) is 0 Å². The van der Waals surface area contributed by atoms with Crippen molar-refractivity contribution in [2.45, 2.75) is 31.9 Å². The Kier molecular flexibility index (Phi) is 4.17. The van der Waals surface area contributed by atoms with Gasteiger partial charge in [0, 0.05) is 30.7 Å². The number of para-hydroxylation sites is 1. The zero-order valence-electron chi connectivity index (χ0n) is 15.6. The number of fused-ring (bicyclic) bond motifs is 1. The largest absolute Gasteiger partial charge is 0.439 e. The van der Waals surface area contributed by atoms with Gasteiger partial charge in [-0.3, -0.25) is 9.59 Å². The fraction of sp³-hybridized carbons (Fsp3) is 0.450. The predicted molar refractivity (Wildman–Crippen MR) is 101 cm³/mol. The molecule has 0 N–H and O–H groups in total. The van der Waals surface area contributed by atoms with E-state index in [0.29, 0.717) is 25.0 Å². The Bertz CT molecular complexity index is 983. The molecule has 1 unspecified atom stereocenters. The number of piperidine rings is 1. The van der Waals surface area contributed by atoms with Crippen LogP contribution in [0, 0.1) is 6.92 Å². The molecule has 7 nitrogen and oxygen atoms in total.